The summed E-state index contributed by atoms with van der Waals surface area (Å²) < 4.78 is 44.7. The first-order chi connectivity index (χ1) is 11.7. The van der Waals surface area contributed by atoms with Crippen molar-refractivity contribution in [2.24, 2.45) is 11.8 Å². The van der Waals surface area contributed by atoms with E-state index in [4.69, 9.17) is 16.3 Å². The maximum absolute atomic E-state index is 13.1. The molecule has 4 atom stereocenters. The summed E-state index contributed by atoms with van der Waals surface area (Å²) in [4.78, 5) is 26.2. The quantitative estimate of drug-likeness (QED) is 0.637. The molecule has 3 aliphatic heterocycles. The second-order valence-corrected chi connectivity index (χ2v) is 6.64. The minimum absolute atomic E-state index is 0.200. The number of benzene rings is 1. The number of hydrogen-bond donors (Lipinski definition) is 1. The van der Waals surface area contributed by atoms with Gasteiger partial charge in [0.15, 0.2) is 0 Å². The average Bonchev–Trinajstić information content (AvgIpc) is 3.18. The van der Waals surface area contributed by atoms with Crippen molar-refractivity contribution in [3.63, 3.8) is 0 Å². The number of aliphatic hydroxyl groups excluding tert-OH is 1. The van der Waals surface area contributed by atoms with Gasteiger partial charge in [0, 0.05) is 0 Å². The number of aliphatic hydroxyl groups is 1. The number of anilines is 1. The third-order valence-corrected chi connectivity index (χ3v) is 5.25. The van der Waals surface area contributed by atoms with Crippen LogP contribution in [0.2, 0.25) is 5.02 Å². The zero-order valence-corrected chi connectivity index (χ0v) is 13.2. The van der Waals surface area contributed by atoms with E-state index >= 15 is 0 Å². The van der Waals surface area contributed by atoms with Gasteiger partial charge in [0.2, 0.25) is 11.8 Å². The molecule has 5 nitrogen and oxygen atoms in total. The number of fused-ring (bicyclic) bond motifs is 5. The van der Waals surface area contributed by atoms with Gasteiger partial charge in [0.25, 0.3) is 0 Å². The van der Waals surface area contributed by atoms with Crippen LogP contribution in [0.3, 0.4) is 0 Å². The van der Waals surface area contributed by atoms with Gasteiger partial charge < -0.3 is 9.84 Å². The summed E-state index contributed by atoms with van der Waals surface area (Å²) in [5.41, 5.74) is -2.62. The van der Waals surface area contributed by atoms with Gasteiger partial charge in [-0.3, -0.25) is 9.59 Å². The fourth-order valence-corrected chi connectivity index (χ4v) is 4.03. The molecule has 9 heteroatoms. The van der Waals surface area contributed by atoms with Gasteiger partial charge >= 0.3 is 6.18 Å². The molecule has 4 rings (SSSR count). The minimum Gasteiger partial charge on any atom is -0.393 e. The topological polar surface area (TPSA) is 66.8 Å². The molecule has 3 aliphatic rings. The number of ether oxygens (including phenoxy) is 1. The van der Waals surface area contributed by atoms with E-state index in [9.17, 15) is 27.9 Å². The van der Waals surface area contributed by atoms with Crippen LogP contribution >= 0.6 is 11.6 Å². The third-order valence-electron chi connectivity index (χ3n) is 4.92. The highest BCUT2D eigenvalue weighted by Crippen LogP contribution is 2.52. The molecule has 0 spiro atoms. The number of imide groups is 1. The molecule has 2 bridgehead atoms. The lowest BCUT2D eigenvalue weighted by molar-refractivity contribution is -0.137. The Morgan fingerprint density at radius 2 is 2.00 bits per heavy atom. The SMILES string of the molecule is O=C1[C@@H]2[C@@H]3C=C[C@@](CO)(O3)[C@@H]2C(=O)N1c1ccc(Cl)c(C(F)(F)F)c1. The molecule has 1 aromatic carbocycles. The van der Waals surface area contributed by atoms with Crippen LogP contribution < -0.4 is 4.90 Å². The number of amides is 2. The lowest BCUT2D eigenvalue weighted by Gasteiger charge is -2.26. The van der Waals surface area contributed by atoms with Gasteiger partial charge in [-0.25, -0.2) is 4.90 Å². The molecule has 2 amide bonds. The fourth-order valence-electron chi connectivity index (χ4n) is 3.81. The lowest BCUT2D eigenvalue weighted by Crippen LogP contribution is -2.43. The number of alkyl halides is 3. The van der Waals surface area contributed by atoms with E-state index in [-0.39, 0.29) is 5.69 Å². The van der Waals surface area contributed by atoms with Gasteiger partial charge in [-0.15, -0.1) is 0 Å². The summed E-state index contributed by atoms with van der Waals surface area (Å²) >= 11 is 5.59. The normalized spacial score (nSPS) is 33.5. The molecule has 0 aromatic heterocycles. The number of rotatable bonds is 2. The second kappa shape index (κ2) is 5.06. The zero-order valence-electron chi connectivity index (χ0n) is 12.5. The lowest BCUT2D eigenvalue weighted by atomic mass is 9.77. The van der Waals surface area contributed by atoms with Crippen LogP contribution in [0.1, 0.15) is 5.56 Å². The molecule has 1 N–H and O–H groups in total. The summed E-state index contributed by atoms with van der Waals surface area (Å²) in [6, 6.07) is 2.87. The first-order valence-corrected chi connectivity index (χ1v) is 7.80. The first kappa shape index (κ1) is 16.6. The molecule has 132 valence electrons. The van der Waals surface area contributed by atoms with E-state index in [0.717, 1.165) is 11.0 Å². The highest BCUT2D eigenvalue weighted by Gasteiger charge is 2.67. The van der Waals surface area contributed by atoms with Gasteiger partial charge in [0.05, 0.1) is 40.8 Å². The highest BCUT2D eigenvalue weighted by atomic mass is 35.5. The van der Waals surface area contributed by atoms with Gasteiger partial charge in [-0.05, 0) is 18.2 Å². The molecule has 2 saturated heterocycles. The highest BCUT2D eigenvalue weighted by molar-refractivity contribution is 6.31. The van der Waals surface area contributed by atoms with Crippen LogP contribution in [0.25, 0.3) is 0 Å². The summed E-state index contributed by atoms with van der Waals surface area (Å²) in [5, 5.41) is 9.09. The van der Waals surface area contributed by atoms with Crippen molar-refractivity contribution in [3.05, 3.63) is 40.9 Å². The number of carbonyl (C=O) groups is 2. The average molecular weight is 374 g/mol. The molecular weight excluding hydrogens is 363 g/mol. The van der Waals surface area contributed by atoms with Crippen LogP contribution in [0.5, 0.6) is 0 Å². The van der Waals surface area contributed by atoms with Crippen LogP contribution in [0.4, 0.5) is 18.9 Å². The standard InChI is InChI=1S/C16H11ClF3NO4/c17-9-2-1-7(5-8(9)16(18,19)20)21-13(23)11-10-3-4-15(6-22,25-10)12(11)14(21)24/h1-5,10-12,22H,6H2/t10-,11+,12-,15-/m0/s1. The molecule has 0 saturated carbocycles. The zero-order chi connectivity index (χ0) is 18.1. The van der Waals surface area contributed by atoms with Crippen molar-refractivity contribution in [3.8, 4) is 0 Å². The Labute approximate surface area is 144 Å². The summed E-state index contributed by atoms with van der Waals surface area (Å²) in [6.07, 6.45) is -2.26. The molecule has 25 heavy (non-hydrogen) atoms. The van der Waals surface area contributed by atoms with E-state index < -0.39 is 58.7 Å². The summed E-state index contributed by atoms with van der Waals surface area (Å²) in [7, 11) is 0. The maximum Gasteiger partial charge on any atom is 0.417 e. The largest absolute Gasteiger partial charge is 0.417 e. The van der Waals surface area contributed by atoms with Crippen LogP contribution in [0, 0.1) is 11.8 Å². The Bertz CT molecular complexity index is 824. The van der Waals surface area contributed by atoms with E-state index in [1.165, 1.54) is 12.1 Å². The maximum atomic E-state index is 13.1. The van der Waals surface area contributed by atoms with Gasteiger partial charge in [-0.1, -0.05) is 23.8 Å². The van der Waals surface area contributed by atoms with E-state index in [1.54, 1.807) is 6.08 Å². The van der Waals surface area contributed by atoms with Crippen LogP contribution in [-0.4, -0.2) is 35.2 Å². The molecule has 0 unspecified atom stereocenters. The molecular formula is C16H11ClF3NO4. The van der Waals surface area contributed by atoms with Crippen molar-refractivity contribution in [2.45, 2.75) is 17.9 Å². The summed E-state index contributed by atoms with van der Waals surface area (Å²) in [6.45, 7) is -0.498. The Kier molecular flexibility index (Phi) is 3.35. The third kappa shape index (κ3) is 2.11. The Hall–Kier alpha value is -1.90. The Balaban J connectivity index is 1.77. The number of carbonyl (C=O) groups excluding carboxylic acids is 2. The number of halogens is 4. The minimum atomic E-state index is -4.72. The van der Waals surface area contributed by atoms with Crippen molar-refractivity contribution >= 4 is 29.1 Å². The fraction of sp³-hybridized carbons (Fsp3) is 0.375. The first-order valence-electron chi connectivity index (χ1n) is 7.42. The smallest absolute Gasteiger partial charge is 0.393 e. The molecule has 0 aliphatic carbocycles. The van der Waals surface area contributed by atoms with Gasteiger partial charge in [-0.2, -0.15) is 13.2 Å². The van der Waals surface area contributed by atoms with Crippen LogP contribution in [-0.2, 0) is 20.5 Å². The van der Waals surface area contributed by atoms with E-state index in [1.807, 2.05) is 0 Å². The van der Waals surface area contributed by atoms with Crippen molar-refractivity contribution in [1.82, 2.24) is 0 Å². The van der Waals surface area contributed by atoms with Crippen LogP contribution in [0.15, 0.2) is 30.4 Å². The monoisotopic (exact) mass is 373 g/mol. The molecule has 0 radical (unpaired) electrons. The predicted octanol–water partition coefficient (Wildman–Crippen LogP) is 2.16. The summed E-state index contributed by atoms with van der Waals surface area (Å²) in [5.74, 6) is -3.14. The molecule has 1 aromatic rings. The number of hydrogen-bond acceptors (Lipinski definition) is 4. The molecule has 3 heterocycles. The van der Waals surface area contributed by atoms with E-state index in [0.29, 0.717) is 6.07 Å². The predicted molar refractivity (Wildman–Crippen MR) is 79.8 cm³/mol. The van der Waals surface area contributed by atoms with E-state index in [2.05, 4.69) is 0 Å². The number of nitrogens with zero attached hydrogens (tertiary/aromatic N) is 1. The molecule has 2 fully saturated rings. The van der Waals surface area contributed by atoms with Crippen molar-refractivity contribution in [2.75, 3.05) is 11.5 Å². The Morgan fingerprint density at radius 3 is 2.64 bits per heavy atom. The second-order valence-electron chi connectivity index (χ2n) is 6.23. The van der Waals surface area contributed by atoms with Gasteiger partial charge in [0.1, 0.15) is 5.60 Å². The Morgan fingerprint density at radius 1 is 1.28 bits per heavy atom. The van der Waals surface area contributed by atoms with Crippen molar-refractivity contribution < 1.29 is 32.6 Å². The van der Waals surface area contributed by atoms with Crippen molar-refractivity contribution in [1.29, 1.82) is 0 Å².